The summed E-state index contributed by atoms with van der Waals surface area (Å²) >= 11 is 0. The van der Waals surface area contributed by atoms with Crippen LogP contribution in [0.3, 0.4) is 0 Å². The predicted molar refractivity (Wildman–Crippen MR) is 218 cm³/mol. The van der Waals surface area contributed by atoms with Crippen molar-refractivity contribution in [3.63, 3.8) is 0 Å². The largest absolute Gasteiger partial charge is 0.455 e. The highest BCUT2D eigenvalue weighted by Gasteiger charge is 2.20. The quantitative estimate of drug-likeness (QED) is 0.138. The molecular formula is C50H30O. The molecule has 10 aromatic carbocycles. The van der Waals surface area contributed by atoms with Gasteiger partial charge in [0.2, 0.25) is 0 Å². The summed E-state index contributed by atoms with van der Waals surface area (Å²) in [4.78, 5) is 0. The van der Waals surface area contributed by atoms with Gasteiger partial charge in [-0.1, -0.05) is 164 Å². The van der Waals surface area contributed by atoms with Gasteiger partial charge < -0.3 is 4.42 Å². The van der Waals surface area contributed by atoms with Crippen LogP contribution < -0.4 is 0 Å². The van der Waals surface area contributed by atoms with Gasteiger partial charge in [-0.05, 0) is 99.9 Å². The molecule has 1 nitrogen and oxygen atoms in total. The van der Waals surface area contributed by atoms with Crippen LogP contribution >= 0.6 is 0 Å². The fraction of sp³-hybridized carbons (Fsp3) is 0. The van der Waals surface area contributed by atoms with E-state index in [1.807, 2.05) is 0 Å². The molecule has 11 rings (SSSR count). The minimum atomic E-state index is 0.898. The van der Waals surface area contributed by atoms with Crippen LogP contribution in [0.15, 0.2) is 186 Å². The zero-order chi connectivity index (χ0) is 33.5. The van der Waals surface area contributed by atoms with Crippen LogP contribution in [0.4, 0.5) is 0 Å². The van der Waals surface area contributed by atoms with Crippen molar-refractivity contribution in [1.29, 1.82) is 0 Å². The highest BCUT2D eigenvalue weighted by atomic mass is 16.3. The van der Waals surface area contributed by atoms with Crippen LogP contribution in [-0.2, 0) is 0 Å². The highest BCUT2D eigenvalue weighted by Crippen LogP contribution is 2.47. The van der Waals surface area contributed by atoms with Crippen LogP contribution in [-0.4, -0.2) is 0 Å². The molecule has 0 bridgehead atoms. The third-order valence-electron chi connectivity index (χ3n) is 10.8. The van der Waals surface area contributed by atoms with E-state index >= 15 is 0 Å². The maximum absolute atomic E-state index is 6.71. The molecule has 0 fully saturated rings. The average molecular weight is 647 g/mol. The molecule has 1 heterocycles. The normalized spacial score (nSPS) is 11.9. The number of para-hydroxylation sites is 1. The van der Waals surface area contributed by atoms with Gasteiger partial charge in [0, 0.05) is 16.3 Å². The molecule has 51 heavy (non-hydrogen) atoms. The van der Waals surface area contributed by atoms with Crippen LogP contribution in [0.5, 0.6) is 0 Å². The van der Waals surface area contributed by atoms with Crippen LogP contribution in [0, 0.1) is 0 Å². The van der Waals surface area contributed by atoms with Gasteiger partial charge in [-0.2, -0.15) is 0 Å². The molecule has 0 atom stereocenters. The Balaban J connectivity index is 1.19. The van der Waals surface area contributed by atoms with E-state index in [0.717, 1.165) is 27.5 Å². The van der Waals surface area contributed by atoms with Crippen molar-refractivity contribution < 1.29 is 4.42 Å². The van der Waals surface area contributed by atoms with Gasteiger partial charge in [0.1, 0.15) is 11.2 Å². The van der Waals surface area contributed by atoms with E-state index in [-0.39, 0.29) is 0 Å². The summed E-state index contributed by atoms with van der Waals surface area (Å²) in [6, 6.07) is 66.2. The lowest BCUT2D eigenvalue weighted by Gasteiger charge is -2.19. The number of rotatable bonds is 3. The predicted octanol–water partition coefficient (Wildman–Crippen LogP) is 14.4. The van der Waals surface area contributed by atoms with Crippen molar-refractivity contribution >= 4 is 75.8 Å². The zero-order valence-electron chi connectivity index (χ0n) is 27.7. The van der Waals surface area contributed by atoms with Crippen molar-refractivity contribution in [3.8, 4) is 33.4 Å². The molecule has 0 radical (unpaired) electrons. The average Bonchev–Trinajstić information content (AvgIpc) is 3.58. The summed E-state index contributed by atoms with van der Waals surface area (Å²) in [6.45, 7) is 0. The zero-order valence-corrected chi connectivity index (χ0v) is 27.7. The van der Waals surface area contributed by atoms with Gasteiger partial charge in [0.15, 0.2) is 0 Å². The minimum Gasteiger partial charge on any atom is -0.455 e. The maximum Gasteiger partial charge on any atom is 0.143 e. The standard InChI is InChI=1S/C50H30O/c1-3-16-34-31(13-1)15-11-24-37(34)43-25-12-26-44-45-30-33(27-28-47(45)51-50(43)44)48-39-20-7-9-22-41(39)49(42-23-10-8-21-40(42)48)46-29-32-14-2-4-17-35(32)36-18-5-6-19-38(36)46/h1-30H. The fourth-order valence-electron chi connectivity index (χ4n) is 8.62. The lowest BCUT2D eigenvalue weighted by atomic mass is 9.83. The number of fused-ring (bicyclic) bond motifs is 9. The molecule has 11 aromatic rings. The van der Waals surface area contributed by atoms with Gasteiger partial charge >= 0.3 is 0 Å². The van der Waals surface area contributed by atoms with Crippen molar-refractivity contribution in [2.45, 2.75) is 0 Å². The Kier molecular flexibility index (Phi) is 6.02. The second-order valence-electron chi connectivity index (χ2n) is 13.6. The molecule has 0 aliphatic heterocycles. The summed E-state index contributed by atoms with van der Waals surface area (Å²) in [5.74, 6) is 0. The number of hydrogen-bond acceptors (Lipinski definition) is 1. The van der Waals surface area contributed by atoms with Gasteiger partial charge in [-0.25, -0.2) is 0 Å². The Morgan fingerprint density at radius 3 is 1.55 bits per heavy atom. The lowest BCUT2D eigenvalue weighted by Crippen LogP contribution is -1.92. The first kappa shape index (κ1) is 28.2. The van der Waals surface area contributed by atoms with Crippen molar-refractivity contribution in [3.05, 3.63) is 182 Å². The second-order valence-corrected chi connectivity index (χ2v) is 13.6. The topological polar surface area (TPSA) is 13.1 Å². The van der Waals surface area contributed by atoms with Gasteiger partial charge in [0.05, 0.1) is 0 Å². The van der Waals surface area contributed by atoms with Crippen LogP contribution in [0.1, 0.15) is 0 Å². The van der Waals surface area contributed by atoms with E-state index < -0.39 is 0 Å². The summed E-state index contributed by atoms with van der Waals surface area (Å²) in [5.41, 5.74) is 9.10. The molecular weight excluding hydrogens is 617 g/mol. The Morgan fingerprint density at radius 2 is 0.804 bits per heavy atom. The van der Waals surface area contributed by atoms with Gasteiger partial charge in [-0.3, -0.25) is 0 Å². The summed E-state index contributed by atoms with van der Waals surface area (Å²) < 4.78 is 6.71. The fourth-order valence-corrected chi connectivity index (χ4v) is 8.62. The molecule has 236 valence electrons. The summed E-state index contributed by atoms with van der Waals surface area (Å²) in [7, 11) is 0. The molecule has 0 amide bonds. The van der Waals surface area contributed by atoms with E-state index in [1.165, 1.54) is 81.7 Å². The third kappa shape index (κ3) is 4.16. The van der Waals surface area contributed by atoms with Gasteiger partial charge in [0.25, 0.3) is 0 Å². The lowest BCUT2D eigenvalue weighted by molar-refractivity contribution is 0.670. The number of benzene rings is 10. The summed E-state index contributed by atoms with van der Waals surface area (Å²) in [5, 5.41) is 14.8. The van der Waals surface area contributed by atoms with E-state index in [1.54, 1.807) is 0 Å². The van der Waals surface area contributed by atoms with Crippen molar-refractivity contribution in [1.82, 2.24) is 0 Å². The highest BCUT2D eigenvalue weighted by molar-refractivity contribution is 6.26. The first-order chi connectivity index (χ1) is 25.3. The summed E-state index contributed by atoms with van der Waals surface area (Å²) in [6.07, 6.45) is 0. The number of furan rings is 1. The molecule has 0 saturated heterocycles. The third-order valence-corrected chi connectivity index (χ3v) is 10.8. The van der Waals surface area contributed by atoms with Gasteiger partial charge in [-0.15, -0.1) is 0 Å². The molecule has 0 N–H and O–H groups in total. The Bertz CT molecular complexity index is 3130. The first-order valence-electron chi connectivity index (χ1n) is 17.6. The van der Waals surface area contributed by atoms with E-state index in [9.17, 15) is 0 Å². The minimum absolute atomic E-state index is 0.898. The van der Waals surface area contributed by atoms with Crippen LogP contribution in [0.25, 0.3) is 109 Å². The SMILES string of the molecule is c1ccc2c(-c3cccc4c3oc3ccc(-c5c6ccccc6c(-c6cc7ccccc7c7ccccc67)c6ccccc56)cc34)cccc2c1. The maximum atomic E-state index is 6.71. The van der Waals surface area contributed by atoms with E-state index in [2.05, 4.69) is 182 Å². The molecule has 0 unspecified atom stereocenters. The molecule has 0 spiro atoms. The Hall–Kier alpha value is -6.70. The number of hydrogen-bond donors (Lipinski definition) is 0. The molecule has 0 saturated carbocycles. The molecule has 1 aromatic heterocycles. The van der Waals surface area contributed by atoms with Crippen LogP contribution in [0.2, 0.25) is 0 Å². The molecule has 0 aliphatic carbocycles. The monoisotopic (exact) mass is 646 g/mol. The van der Waals surface area contributed by atoms with E-state index in [4.69, 9.17) is 4.42 Å². The smallest absolute Gasteiger partial charge is 0.143 e. The van der Waals surface area contributed by atoms with E-state index in [0.29, 0.717) is 0 Å². The second kappa shape index (κ2) is 10.9. The first-order valence-corrected chi connectivity index (χ1v) is 17.6. The molecule has 0 aliphatic rings. The Labute approximate surface area is 294 Å². The van der Waals surface area contributed by atoms with Crippen molar-refractivity contribution in [2.24, 2.45) is 0 Å². The molecule has 1 heteroatoms. The Morgan fingerprint density at radius 1 is 0.275 bits per heavy atom. The van der Waals surface area contributed by atoms with Crippen molar-refractivity contribution in [2.75, 3.05) is 0 Å².